The highest BCUT2D eigenvalue weighted by Gasteiger charge is 2.12. The maximum absolute atomic E-state index is 12.9. The van der Waals surface area contributed by atoms with Crippen LogP contribution in [0.4, 0.5) is 11.4 Å². The van der Waals surface area contributed by atoms with Crippen molar-refractivity contribution < 1.29 is 9.53 Å². The Bertz CT molecular complexity index is 1160. The molecule has 2 aromatic carbocycles. The predicted molar refractivity (Wildman–Crippen MR) is 130 cm³/mol. The number of hydrogen-bond acceptors (Lipinski definition) is 7. The van der Waals surface area contributed by atoms with E-state index in [0.717, 1.165) is 22.4 Å². The van der Waals surface area contributed by atoms with Gasteiger partial charge in [-0.25, -0.2) is 0 Å². The summed E-state index contributed by atoms with van der Waals surface area (Å²) in [5, 5.41) is 6.05. The molecular formula is C24H30N6O3. The number of nitrogen functional groups attached to an aromatic ring is 1. The fourth-order valence-corrected chi connectivity index (χ4v) is 3.46. The number of benzene rings is 2. The van der Waals surface area contributed by atoms with Crippen molar-refractivity contribution >= 4 is 17.3 Å². The Morgan fingerprint density at radius 1 is 1.12 bits per heavy atom. The SMILES string of the molecule is COc1cccc(C(C)Nc2cccn(CC(=O)NCc3ccc(CN)c(NN)c3)c2=O)c1. The van der Waals surface area contributed by atoms with E-state index in [9.17, 15) is 9.59 Å². The summed E-state index contributed by atoms with van der Waals surface area (Å²) in [5.41, 5.74) is 11.9. The number of nitrogens with two attached hydrogens (primary N) is 2. The maximum atomic E-state index is 12.9. The molecule has 0 aliphatic carbocycles. The Kier molecular flexibility index (Phi) is 8.06. The Morgan fingerprint density at radius 3 is 2.67 bits per heavy atom. The van der Waals surface area contributed by atoms with Crippen molar-refractivity contribution in [3.05, 3.63) is 87.8 Å². The number of anilines is 2. The van der Waals surface area contributed by atoms with Gasteiger partial charge >= 0.3 is 0 Å². The molecule has 0 aliphatic heterocycles. The van der Waals surface area contributed by atoms with Crippen LogP contribution in [0.3, 0.4) is 0 Å². The third kappa shape index (κ3) is 6.12. The molecule has 1 aromatic heterocycles. The molecule has 3 rings (SSSR count). The molecule has 0 saturated heterocycles. The van der Waals surface area contributed by atoms with Crippen molar-refractivity contribution in [2.45, 2.75) is 32.6 Å². The van der Waals surface area contributed by atoms with Gasteiger partial charge < -0.3 is 31.1 Å². The van der Waals surface area contributed by atoms with Gasteiger partial charge in [0.1, 0.15) is 18.0 Å². The van der Waals surface area contributed by atoms with Gasteiger partial charge in [0.25, 0.3) is 5.56 Å². The summed E-state index contributed by atoms with van der Waals surface area (Å²) in [6.45, 7) is 2.53. The molecular weight excluding hydrogens is 420 g/mol. The minimum Gasteiger partial charge on any atom is -0.497 e. The van der Waals surface area contributed by atoms with E-state index in [2.05, 4.69) is 16.1 Å². The summed E-state index contributed by atoms with van der Waals surface area (Å²) in [6, 6.07) is 16.5. The van der Waals surface area contributed by atoms with Gasteiger partial charge in [0.15, 0.2) is 0 Å². The van der Waals surface area contributed by atoms with Gasteiger partial charge in [-0.3, -0.25) is 15.4 Å². The summed E-state index contributed by atoms with van der Waals surface area (Å²) in [7, 11) is 1.61. The Hall–Kier alpha value is -3.82. The molecule has 9 nitrogen and oxygen atoms in total. The largest absolute Gasteiger partial charge is 0.497 e. The lowest BCUT2D eigenvalue weighted by atomic mass is 10.1. The molecule has 0 radical (unpaired) electrons. The number of hydrazine groups is 1. The number of aromatic nitrogens is 1. The first-order chi connectivity index (χ1) is 15.9. The van der Waals surface area contributed by atoms with Gasteiger partial charge in [-0.15, -0.1) is 0 Å². The summed E-state index contributed by atoms with van der Waals surface area (Å²) in [6.07, 6.45) is 1.59. The van der Waals surface area contributed by atoms with E-state index in [-0.39, 0.29) is 24.1 Å². The van der Waals surface area contributed by atoms with Gasteiger partial charge in [0.2, 0.25) is 5.91 Å². The van der Waals surface area contributed by atoms with E-state index >= 15 is 0 Å². The zero-order chi connectivity index (χ0) is 23.8. The second-order valence-corrected chi connectivity index (χ2v) is 7.61. The fourth-order valence-electron chi connectivity index (χ4n) is 3.46. The molecule has 0 bridgehead atoms. The highest BCUT2D eigenvalue weighted by atomic mass is 16.5. The van der Waals surface area contributed by atoms with E-state index in [1.54, 1.807) is 25.4 Å². The average Bonchev–Trinajstić information content (AvgIpc) is 2.84. The molecule has 1 heterocycles. The molecule has 3 aromatic rings. The van der Waals surface area contributed by atoms with Crippen LogP contribution in [0.2, 0.25) is 0 Å². The van der Waals surface area contributed by atoms with Gasteiger partial charge in [-0.05, 0) is 53.9 Å². The molecule has 1 unspecified atom stereocenters. The number of carbonyl (C=O) groups is 1. The van der Waals surface area contributed by atoms with Crippen LogP contribution >= 0.6 is 0 Å². The monoisotopic (exact) mass is 450 g/mol. The molecule has 0 spiro atoms. The third-order valence-electron chi connectivity index (χ3n) is 5.34. The number of hydrogen-bond donors (Lipinski definition) is 5. The molecule has 7 N–H and O–H groups in total. The van der Waals surface area contributed by atoms with Crippen molar-refractivity contribution in [3.63, 3.8) is 0 Å². The number of nitrogens with one attached hydrogen (secondary N) is 3. The Labute approximate surface area is 192 Å². The molecule has 1 amide bonds. The van der Waals surface area contributed by atoms with Crippen LogP contribution in [0.5, 0.6) is 5.75 Å². The summed E-state index contributed by atoms with van der Waals surface area (Å²) in [4.78, 5) is 25.4. The number of pyridine rings is 1. The van der Waals surface area contributed by atoms with Crippen molar-refractivity contribution in [2.24, 2.45) is 11.6 Å². The first kappa shape index (κ1) is 23.8. The van der Waals surface area contributed by atoms with Gasteiger partial charge in [0, 0.05) is 25.3 Å². The molecule has 0 fully saturated rings. The van der Waals surface area contributed by atoms with E-state index in [0.29, 0.717) is 24.5 Å². The van der Waals surface area contributed by atoms with E-state index in [4.69, 9.17) is 16.3 Å². The Morgan fingerprint density at radius 2 is 1.94 bits per heavy atom. The highest BCUT2D eigenvalue weighted by molar-refractivity contribution is 5.75. The number of ether oxygens (including phenoxy) is 1. The highest BCUT2D eigenvalue weighted by Crippen LogP contribution is 2.21. The molecule has 0 saturated carbocycles. The molecule has 9 heteroatoms. The van der Waals surface area contributed by atoms with Gasteiger partial charge in [-0.2, -0.15) is 0 Å². The molecule has 0 aliphatic rings. The van der Waals surface area contributed by atoms with Crippen LogP contribution in [0, 0.1) is 0 Å². The van der Waals surface area contributed by atoms with Crippen LogP contribution in [0.1, 0.15) is 29.7 Å². The lowest BCUT2D eigenvalue weighted by Crippen LogP contribution is -2.32. The molecule has 33 heavy (non-hydrogen) atoms. The molecule has 174 valence electrons. The third-order valence-corrected chi connectivity index (χ3v) is 5.34. The van der Waals surface area contributed by atoms with E-state index < -0.39 is 0 Å². The predicted octanol–water partition coefficient (Wildman–Crippen LogP) is 2.09. The van der Waals surface area contributed by atoms with Crippen molar-refractivity contribution in [2.75, 3.05) is 17.9 Å². The van der Waals surface area contributed by atoms with Crippen LogP contribution < -0.4 is 37.9 Å². The van der Waals surface area contributed by atoms with Crippen molar-refractivity contribution in [1.29, 1.82) is 0 Å². The minimum atomic E-state index is -0.278. The fraction of sp³-hybridized carbons (Fsp3) is 0.250. The van der Waals surface area contributed by atoms with Crippen LogP contribution in [0.25, 0.3) is 0 Å². The number of methoxy groups -OCH3 is 1. The Balaban J connectivity index is 1.64. The summed E-state index contributed by atoms with van der Waals surface area (Å²) >= 11 is 0. The summed E-state index contributed by atoms with van der Waals surface area (Å²) in [5.74, 6) is 5.99. The zero-order valence-electron chi connectivity index (χ0n) is 18.8. The van der Waals surface area contributed by atoms with Crippen LogP contribution in [-0.2, 0) is 24.4 Å². The number of amides is 1. The first-order valence-electron chi connectivity index (χ1n) is 10.6. The normalized spacial score (nSPS) is 11.5. The second kappa shape index (κ2) is 11.2. The molecule has 1 atom stereocenters. The topological polar surface area (TPSA) is 136 Å². The number of nitrogens with zero attached hydrogens (tertiary/aromatic N) is 1. The zero-order valence-corrected chi connectivity index (χ0v) is 18.8. The average molecular weight is 451 g/mol. The maximum Gasteiger partial charge on any atom is 0.274 e. The van der Waals surface area contributed by atoms with Gasteiger partial charge in [0.05, 0.1) is 12.8 Å². The standard InChI is InChI=1S/C24H30N6O3/c1-16(18-5-3-6-20(12-18)33-2)28-21-7-4-10-30(24(21)32)15-23(31)27-14-17-8-9-19(13-25)22(11-17)29-26/h3-12,16,28-29H,13-15,25-26H2,1-2H3,(H,27,31). The number of rotatable bonds is 10. The van der Waals surface area contributed by atoms with E-state index in [1.165, 1.54) is 4.57 Å². The van der Waals surface area contributed by atoms with Crippen LogP contribution in [-0.4, -0.2) is 17.6 Å². The van der Waals surface area contributed by atoms with Gasteiger partial charge in [-0.1, -0.05) is 24.3 Å². The summed E-state index contributed by atoms with van der Waals surface area (Å²) < 4.78 is 6.64. The number of carbonyl (C=O) groups excluding carboxylic acids is 1. The first-order valence-corrected chi connectivity index (χ1v) is 10.6. The quantitative estimate of drug-likeness (QED) is 0.236. The van der Waals surface area contributed by atoms with Crippen LogP contribution in [0.15, 0.2) is 65.6 Å². The van der Waals surface area contributed by atoms with Crippen molar-refractivity contribution in [1.82, 2.24) is 9.88 Å². The lowest BCUT2D eigenvalue weighted by Gasteiger charge is -2.17. The second-order valence-electron chi connectivity index (χ2n) is 7.61. The minimum absolute atomic E-state index is 0.0925. The lowest BCUT2D eigenvalue weighted by molar-refractivity contribution is -0.121. The van der Waals surface area contributed by atoms with Crippen molar-refractivity contribution in [3.8, 4) is 5.75 Å². The van der Waals surface area contributed by atoms with E-state index in [1.807, 2.05) is 49.4 Å². The smallest absolute Gasteiger partial charge is 0.274 e.